The number of hydrogen-bond donors (Lipinski definition) is 1. The topological polar surface area (TPSA) is 83.6 Å². The van der Waals surface area contributed by atoms with Crippen LogP contribution >= 0.6 is 11.6 Å². The van der Waals surface area contributed by atoms with E-state index >= 15 is 0 Å². The van der Waals surface area contributed by atoms with Crippen LogP contribution in [0.3, 0.4) is 0 Å². The van der Waals surface area contributed by atoms with Crippen LogP contribution in [0.15, 0.2) is 18.2 Å². The number of rotatable bonds is 3. The Morgan fingerprint density at radius 3 is 2.48 bits per heavy atom. The van der Waals surface area contributed by atoms with Crippen LogP contribution in [0.25, 0.3) is 0 Å². The van der Waals surface area contributed by atoms with Gasteiger partial charge in [0.25, 0.3) is 5.91 Å². The van der Waals surface area contributed by atoms with E-state index < -0.39 is 21.3 Å². The standard InChI is InChI=1S/C17H21ClN2O4S/c1-17(2)10-25(23,24)20(16(17)22)14-9-11(7-8-13(14)18)15(21)19-12-5-3-4-6-12/h7-9,12H,3-6,10H2,1-2H3,(H,19,21). The molecule has 0 aromatic heterocycles. The first-order chi connectivity index (χ1) is 11.6. The summed E-state index contributed by atoms with van der Waals surface area (Å²) in [7, 11) is -3.82. The van der Waals surface area contributed by atoms with Crippen LogP contribution < -0.4 is 9.62 Å². The first-order valence-corrected chi connectivity index (χ1v) is 10.3. The minimum absolute atomic E-state index is 0.0383. The minimum Gasteiger partial charge on any atom is -0.349 e. The summed E-state index contributed by atoms with van der Waals surface area (Å²) >= 11 is 6.15. The van der Waals surface area contributed by atoms with Crippen molar-refractivity contribution >= 4 is 39.1 Å². The predicted octanol–water partition coefficient (Wildman–Crippen LogP) is 2.72. The quantitative estimate of drug-likeness (QED) is 0.868. The summed E-state index contributed by atoms with van der Waals surface area (Å²) in [4.78, 5) is 25.0. The summed E-state index contributed by atoms with van der Waals surface area (Å²) in [6.45, 7) is 3.16. The molecule has 1 saturated carbocycles. The molecule has 0 spiro atoms. The molecule has 1 aromatic rings. The number of carbonyl (C=O) groups is 2. The maximum atomic E-state index is 12.5. The van der Waals surface area contributed by atoms with E-state index in [-0.39, 0.29) is 28.4 Å². The molecule has 8 heteroatoms. The molecule has 3 rings (SSSR count). The van der Waals surface area contributed by atoms with Gasteiger partial charge in [0.15, 0.2) is 0 Å². The molecular formula is C17H21ClN2O4S. The highest BCUT2D eigenvalue weighted by atomic mass is 35.5. The number of carbonyl (C=O) groups excluding carboxylic acids is 2. The zero-order valence-electron chi connectivity index (χ0n) is 14.2. The largest absolute Gasteiger partial charge is 0.349 e. The number of amides is 2. The predicted molar refractivity (Wildman–Crippen MR) is 96.2 cm³/mol. The fourth-order valence-corrected chi connectivity index (χ4v) is 5.76. The molecule has 1 saturated heterocycles. The molecule has 25 heavy (non-hydrogen) atoms. The van der Waals surface area contributed by atoms with Gasteiger partial charge in [0.05, 0.1) is 21.9 Å². The number of anilines is 1. The third-order valence-corrected chi connectivity index (χ3v) is 7.03. The van der Waals surface area contributed by atoms with E-state index in [1.807, 2.05) is 0 Å². The van der Waals surface area contributed by atoms with Gasteiger partial charge in [0, 0.05) is 11.6 Å². The second kappa shape index (κ2) is 6.29. The number of hydrogen-bond acceptors (Lipinski definition) is 4. The number of nitrogens with one attached hydrogen (secondary N) is 1. The third kappa shape index (κ3) is 3.40. The Balaban J connectivity index is 1.94. The van der Waals surface area contributed by atoms with E-state index in [4.69, 9.17) is 11.6 Å². The zero-order valence-corrected chi connectivity index (χ0v) is 15.8. The molecule has 2 fully saturated rings. The first kappa shape index (κ1) is 18.2. The summed E-state index contributed by atoms with van der Waals surface area (Å²) in [6, 6.07) is 4.51. The van der Waals surface area contributed by atoms with Crippen LogP contribution in [0.4, 0.5) is 5.69 Å². The van der Waals surface area contributed by atoms with Crippen molar-refractivity contribution in [2.24, 2.45) is 5.41 Å². The maximum Gasteiger partial charge on any atom is 0.251 e. The van der Waals surface area contributed by atoms with Crippen molar-refractivity contribution in [2.45, 2.75) is 45.6 Å². The molecule has 136 valence electrons. The summed E-state index contributed by atoms with van der Waals surface area (Å²) in [5.41, 5.74) is -0.695. The minimum atomic E-state index is -3.82. The van der Waals surface area contributed by atoms with Crippen molar-refractivity contribution in [3.63, 3.8) is 0 Å². The van der Waals surface area contributed by atoms with Gasteiger partial charge in [-0.2, -0.15) is 0 Å². The van der Waals surface area contributed by atoms with Crippen LogP contribution in [0.5, 0.6) is 0 Å². The molecule has 6 nitrogen and oxygen atoms in total. The molecule has 0 radical (unpaired) electrons. The smallest absolute Gasteiger partial charge is 0.251 e. The lowest BCUT2D eigenvalue weighted by Crippen LogP contribution is -2.34. The van der Waals surface area contributed by atoms with Crippen molar-refractivity contribution in [1.82, 2.24) is 5.32 Å². The molecule has 1 N–H and O–H groups in total. The van der Waals surface area contributed by atoms with E-state index in [0.29, 0.717) is 5.56 Å². The summed E-state index contributed by atoms with van der Waals surface area (Å²) < 4.78 is 25.6. The highest BCUT2D eigenvalue weighted by Crippen LogP contribution is 2.39. The van der Waals surface area contributed by atoms with Gasteiger partial charge >= 0.3 is 0 Å². The highest BCUT2D eigenvalue weighted by Gasteiger charge is 2.50. The van der Waals surface area contributed by atoms with Crippen LogP contribution in [-0.4, -0.2) is 32.0 Å². The van der Waals surface area contributed by atoms with Crippen LogP contribution in [-0.2, 0) is 14.8 Å². The second-order valence-corrected chi connectivity index (χ2v) is 9.56. The van der Waals surface area contributed by atoms with Gasteiger partial charge in [-0.3, -0.25) is 9.59 Å². The van der Waals surface area contributed by atoms with Crippen molar-refractivity contribution in [3.05, 3.63) is 28.8 Å². The lowest BCUT2D eigenvalue weighted by atomic mass is 9.95. The molecule has 1 aliphatic carbocycles. The lowest BCUT2D eigenvalue weighted by molar-refractivity contribution is -0.123. The normalized spacial score (nSPS) is 22.4. The van der Waals surface area contributed by atoms with Crippen LogP contribution in [0, 0.1) is 5.41 Å². The first-order valence-electron chi connectivity index (χ1n) is 8.30. The van der Waals surface area contributed by atoms with Gasteiger partial charge in [0.2, 0.25) is 15.9 Å². The van der Waals surface area contributed by atoms with Gasteiger partial charge in [-0.1, -0.05) is 24.4 Å². The number of halogens is 1. The lowest BCUT2D eigenvalue weighted by Gasteiger charge is -2.20. The zero-order chi connectivity index (χ0) is 18.4. The number of sulfonamides is 1. The van der Waals surface area contributed by atoms with Gasteiger partial charge in [0.1, 0.15) is 0 Å². The van der Waals surface area contributed by atoms with Gasteiger partial charge in [-0.05, 0) is 44.9 Å². The molecule has 1 aliphatic heterocycles. The molecular weight excluding hydrogens is 364 g/mol. The van der Waals surface area contributed by atoms with Crippen LogP contribution in [0.2, 0.25) is 5.02 Å². The number of benzene rings is 1. The van der Waals surface area contributed by atoms with E-state index in [1.165, 1.54) is 18.2 Å². The molecule has 0 unspecified atom stereocenters. The molecule has 0 bridgehead atoms. The number of nitrogens with zero attached hydrogens (tertiary/aromatic N) is 1. The fraction of sp³-hybridized carbons (Fsp3) is 0.529. The fourth-order valence-electron chi connectivity index (χ4n) is 3.39. The SMILES string of the molecule is CC1(C)CS(=O)(=O)N(c2cc(C(=O)NC3CCCC3)ccc2Cl)C1=O. The average molecular weight is 385 g/mol. The molecule has 2 aliphatic rings. The van der Waals surface area contributed by atoms with E-state index in [2.05, 4.69) is 5.32 Å². The Bertz CT molecular complexity index is 829. The Labute approximate surface area is 152 Å². The third-order valence-electron chi connectivity index (χ3n) is 4.70. The molecule has 0 atom stereocenters. The highest BCUT2D eigenvalue weighted by molar-refractivity contribution is 7.94. The Kier molecular flexibility index (Phi) is 4.58. The maximum absolute atomic E-state index is 12.5. The summed E-state index contributed by atoms with van der Waals surface area (Å²) in [6.07, 6.45) is 4.07. The monoisotopic (exact) mass is 384 g/mol. The van der Waals surface area contributed by atoms with E-state index in [9.17, 15) is 18.0 Å². The summed E-state index contributed by atoms with van der Waals surface area (Å²) in [5, 5.41) is 3.06. The van der Waals surface area contributed by atoms with E-state index in [0.717, 1.165) is 30.0 Å². The van der Waals surface area contributed by atoms with Crippen molar-refractivity contribution in [2.75, 3.05) is 10.1 Å². The van der Waals surface area contributed by atoms with Crippen LogP contribution in [0.1, 0.15) is 49.9 Å². The van der Waals surface area contributed by atoms with Gasteiger partial charge < -0.3 is 5.32 Å². The Morgan fingerprint density at radius 2 is 1.92 bits per heavy atom. The summed E-state index contributed by atoms with van der Waals surface area (Å²) in [5.74, 6) is -1.11. The molecule has 1 heterocycles. The van der Waals surface area contributed by atoms with Crippen molar-refractivity contribution < 1.29 is 18.0 Å². The van der Waals surface area contributed by atoms with Crippen molar-refractivity contribution in [3.8, 4) is 0 Å². The molecule has 2 amide bonds. The van der Waals surface area contributed by atoms with Gasteiger partial charge in [-0.15, -0.1) is 0 Å². The average Bonchev–Trinajstić information content (AvgIpc) is 3.05. The van der Waals surface area contributed by atoms with E-state index in [1.54, 1.807) is 13.8 Å². The Hall–Kier alpha value is -1.60. The van der Waals surface area contributed by atoms with Crippen molar-refractivity contribution in [1.29, 1.82) is 0 Å². The Morgan fingerprint density at radius 1 is 1.28 bits per heavy atom. The second-order valence-electron chi connectivity index (χ2n) is 7.33. The van der Waals surface area contributed by atoms with Gasteiger partial charge in [-0.25, -0.2) is 12.7 Å². The molecule has 1 aromatic carbocycles.